The Balaban J connectivity index is 2.75. The van der Waals surface area contributed by atoms with Gasteiger partial charge in [-0.2, -0.15) is 0 Å². The minimum Gasteiger partial charge on any atom is -0.476 e. The van der Waals surface area contributed by atoms with Gasteiger partial charge in [0.15, 0.2) is 5.69 Å². The van der Waals surface area contributed by atoms with Gasteiger partial charge in [-0.15, -0.1) is 5.10 Å². The van der Waals surface area contributed by atoms with Gasteiger partial charge in [-0.3, -0.25) is 0 Å². The number of nitrogens with zero attached hydrogens (tertiary/aromatic N) is 3. The molecule has 1 heterocycles. The molecule has 2 rings (SSSR count). The highest BCUT2D eigenvalue weighted by atomic mass is 35.5. The van der Waals surface area contributed by atoms with E-state index in [1.807, 2.05) is 0 Å². The average Bonchev–Trinajstić information content (AvgIpc) is 2.76. The van der Waals surface area contributed by atoms with Crippen molar-refractivity contribution >= 4 is 17.6 Å². The molecule has 0 fully saturated rings. The summed E-state index contributed by atoms with van der Waals surface area (Å²) >= 11 is 5.86. The van der Waals surface area contributed by atoms with E-state index in [-0.39, 0.29) is 11.4 Å². The zero-order valence-corrected chi connectivity index (χ0v) is 11.9. The van der Waals surface area contributed by atoms with Crippen molar-refractivity contribution < 1.29 is 14.3 Å². The average molecular weight is 298 g/mol. The summed E-state index contributed by atoms with van der Waals surface area (Å²) in [6.45, 7) is 5.41. The Labute approximate surface area is 120 Å². The predicted molar refractivity (Wildman–Crippen MR) is 72.0 cm³/mol. The Morgan fingerprint density at radius 1 is 1.40 bits per heavy atom. The maximum absolute atomic E-state index is 13.9. The third-order valence-electron chi connectivity index (χ3n) is 2.72. The van der Waals surface area contributed by atoms with Crippen LogP contribution in [0.5, 0.6) is 0 Å². The molecule has 0 bridgehead atoms. The fourth-order valence-corrected chi connectivity index (χ4v) is 2.08. The van der Waals surface area contributed by atoms with E-state index in [9.17, 15) is 14.3 Å². The fourth-order valence-electron chi connectivity index (χ4n) is 1.92. The molecule has 2 aromatic rings. The summed E-state index contributed by atoms with van der Waals surface area (Å²) in [5, 5.41) is 16.9. The number of carboxylic acid groups (broad SMARTS) is 1. The van der Waals surface area contributed by atoms with Crippen molar-refractivity contribution in [3.05, 3.63) is 40.4 Å². The molecule has 5 nitrogen and oxygen atoms in total. The van der Waals surface area contributed by atoms with Crippen LogP contribution in [0, 0.1) is 5.82 Å². The van der Waals surface area contributed by atoms with Crippen LogP contribution >= 0.6 is 11.6 Å². The van der Waals surface area contributed by atoms with E-state index in [4.69, 9.17) is 11.6 Å². The van der Waals surface area contributed by atoms with Gasteiger partial charge in [0.1, 0.15) is 11.5 Å². The molecular weight excluding hydrogens is 285 g/mol. The minimum atomic E-state index is -1.20. The third-order valence-corrected chi connectivity index (χ3v) is 2.95. The lowest BCUT2D eigenvalue weighted by Gasteiger charge is -2.20. The molecule has 0 aliphatic heterocycles. The highest BCUT2D eigenvalue weighted by Gasteiger charge is 2.30. The fraction of sp³-hybridized carbons (Fsp3) is 0.308. The number of benzene rings is 1. The van der Waals surface area contributed by atoms with Gasteiger partial charge in [0.25, 0.3) is 0 Å². The van der Waals surface area contributed by atoms with Crippen LogP contribution in [0.4, 0.5) is 4.39 Å². The molecule has 1 N–H and O–H groups in total. The number of rotatable bonds is 2. The van der Waals surface area contributed by atoms with E-state index in [1.54, 1.807) is 20.8 Å². The summed E-state index contributed by atoms with van der Waals surface area (Å²) in [4.78, 5) is 11.2. The van der Waals surface area contributed by atoms with Crippen molar-refractivity contribution in [3.63, 3.8) is 0 Å². The molecule has 0 radical (unpaired) electrons. The van der Waals surface area contributed by atoms with Gasteiger partial charge >= 0.3 is 5.97 Å². The van der Waals surface area contributed by atoms with Crippen LogP contribution in [0.1, 0.15) is 37.0 Å². The van der Waals surface area contributed by atoms with Crippen LogP contribution in [0.2, 0.25) is 5.02 Å². The van der Waals surface area contributed by atoms with Crippen LogP contribution in [0.25, 0.3) is 5.69 Å². The Morgan fingerprint density at radius 2 is 2.05 bits per heavy atom. The number of halogens is 2. The topological polar surface area (TPSA) is 68.0 Å². The van der Waals surface area contributed by atoms with E-state index in [0.717, 1.165) is 0 Å². The zero-order valence-electron chi connectivity index (χ0n) is 11.2. The summed E-state index contributed by atoms with van der Waals surface area (Å²) in [5.41, 5.74) is -0.392. The maximum atomic E-state index is 13.9. The lowest BCUT2D eigenvalue weighted by molar-refractivity contribution is 0.0687. The van der Waals surface area contributed by atoms with Gasteiger partial charge in [0.2, 0.25) is 0 Å². The second kappa shape index (κ2) is 4.86. The molecule has 0 spiro atoms. The number of aromatic carboxylic acids is 1. The number of carbonyl (C=O) groups is 1. The summed E-state index contributed by atoms with van der Waals surface area (Å²) in [7, 11) is 0. The smallest absolute Gasteiger partial charge is 0.358 e. The van der Waals surface area contributed by atoms with Gasteiger partial charge < -0.3 is 5.11 Å². The van der Waals surface area contributed by atoms with E-state index in [1.165, 1.54) is 22.9 Å². The van der Waals surface area contributed by atoms with Gasteiger partial charge in [0.05, 0.1) is 5.69 Å². The number of carboxylic acids is 1. The normalized spacial score (nSPS) is 11.7. The summed E-state index contributed by atoms with van der Waals surface area (Å²) < 4.78 is 15.1. The van der Waals surface area contributed by atoms with Gasteiger partial charge in [-0.25, -0.2) is 13.9 Å². The summed E-state index contributed by atoms with van der Waals surface area (Å²) in [5.74, 6) is -1.76. The molecule has 0 atom stereocenters. The lowest BCUT2D eigenvalue weighted by atomic mass is 9.90. The second-order valence-electron chi connectivity index (χ2n) is 5.35. The van der Waals surface area contributed by atoms with E-state index >= 15 is 0 Å². The van der Waals surface area contributed by atoms with Crippen molar-refractivity contribution in [3.8, 4) is 5.69 Å². The van der Waals surface area contributed by atoms with Gasteiger partial charge in [0, 0.05) is 10.4 Å². The van der Waals surface area contributed by atoms with Gasteiger partial charge in [-0.05, 0) is 18.2 Å². The number of aromatic nitrogens is 3. The van der Waals surface area contributed by atoms with E-state index in [2.05, 4.69) is 10.3 Å². The molecule has 20 heavy (non-hydrogen) atoms. The first kappa shape index (κ1) is 14.5. The minimum absolute atomic E-state index is 0.0717. The van der Waals surface area contributed by atoms with E-state index < -0.39 is 17.2 Å². The molecular formula is C13H13ClFN3O2. The maximum Gasteiger partial charge on any atom is 0.358 e. The van der Waals surface area contributed by atoms with Crippen molar-refractivity contribution in [2.75, 3.05) is 0 Å². The molecule has 7 heteroatoms. The highest BCUT2D eigenvalue weighted by molar-refractivity contribution is 6.30. The Bertz CT molecular complexity index is 677. The molecule has 0 saturated carbocycles. The van der Waals surface area contributed by atoms with Crippen LogP contribution in [0.15, 0.2) is 18.2 Å². The summed E-state index contributed by atoms with van der Waals surface area (Å²) in [6.07, 6.45) is 0. The van der Waals surface area contributed by atoms with Crippen molar-refractivity contribution in [1.82, 2.24) is 15.0 Å². The monoisotopic (exact) mass is 297 g/mol. The van der Waals surface area contributed by atoms with Crippen LogP contribution < -0.4 is 0 Å². The lowest BCUT2D eigenvalue weighted by Crippen LogP contribution is -2.21. The largest absolute Gasteiger partial charge is 0.476 e. The van der Waals surface area contributed by atoms with E-state index in [0.29, 0.717) is 10.7 Å². The summed E-state index contributed by atoms with van der Waals surface area (Å²) in [6, 6.07) is 3.99. The van der Waals surface area contributed by atoms with Gasteiger partial charge in [-0.1, -0.05) is 37.6 Å². The molecule has 1 aromatic heterocycles. The highest BCUT2D eigenvalue weighted by Crippen LogP contribution is 2.29. The van der Waals surface area contributed by atoms with Crippen molar-refractivity contribution in [2.45, 2.75) is 26.2 Å². The molecule has 1 aromatic carbocycles. The van der Waals surface area contributed by atoms with Crippen molar-refractivity contribution in [2.24, 2.45) is 0 Å². The second-order valence-corrected chi connectivity index (χ2v) is 5.79. The molecule has 0 aliphatic carbocycles. The quantitative estimate of drug-likeness (QED) is 0.925. The molecule has 0 unspecified atom stereocenters. The Kier molecular flexibility index (Phi) is 3.52. The van der Waals surface area contributed by atoms with Crippen LogP contribution in [0.3, 0.4) is 0 Å². The molecule has 106 valence electrons. The predicted octanol–water partition coefficient (Wildman–Crippen LogP) is 3.06. The Morgan fingerprint density at radius 3 is 2.60 bits per heavy atom. The third kappa shape index (κ3) is 2.51. The van der Waals surface area contributed by atoms with Crippen LogP contribution in [-0.2, 0) is 5.41 Å². The first-order valence-electron chi connectivity index (χ1n) is 5.86. The van der Waals surface area contributed by atoms with Crippen LogP contribution in [-0.4, -0.2) is 26.1 Å². The first-order chi connectivity index (χ1) is 9.21. The first-order valence-corrected chi connectivity index (χ1v) is 6.24. The zero-order chi connectivity index (χ0) is 15.1. The molecule has 0 saturated heterocycles. The molecule has 0 aliphatic rings. The number of hydrogen-bond acceptors (Lipinski definition) is 3. The standard InChI is InChI=1S/C13H13ClFN3O2/c1-13(2,3)11-10(12(19)20)16-17-18(11)9-6-7(14)4-5-8(9)15/h4-6H,1-3H3,(H,19,20). The molecule has 0 amide bonds. The Hall–Kier alpha value is -1.95. The number of hydrogen-bond donors (Lipinski definition) is 1. The SMILES string of the molecule is CC(C)(C)c1c(C(=O)O)nnn1-c1cc(Cl)ccc1F. The van der Waals surface area contributed by atoms with Crippen molar-refractivity contribution in [1.29, 1.82) is 0 Å².